The Morgan fingerprint density at radius 1 is 1.42 bits per heavy atom. The molecule has 2 N–H and O–H groups in total. The molecular weight excluding hydrogens is 358 g/mol. The fraction of sp³-hybridized carbons (Fsp3) is 0.500. The minimum absolute atomic E-state index is 0.00460. The molecule has 0 radical (unpaired) electrons. The molecule has 26 heavy (non-hydrogen) atoms. The van der Waals surface area contributed by atoms with E-state index < -0.39 is 12.0 Å². The lowest BCUT2D eigenvalue weighted by Gasteiger charge is -2.33. The summed E-state index contributed by atoms with van der Waals surface area (Å²) in [5.74, 6) is -0.980. The molecule has 1 aromatic carbocycles. The number of nitrogens with zero attached hydrogens (tertiary/aromatic N) is 1. The highest BCUT2D eigenvalue weighted by Crippen LogP contribution is 2.20. The number of benzene rings is 1. The molecule has 7 nitrogen and oxygen atoms in total. The number of amides is 2. The van der Waals surface area contributed by atoms with Crippen LogP contribution < -0.4 is 10.6 Å². The summed E-state index contributed by atoms with van der Waals surface area (Å²) in [6, 6.07) is 4.55. The fourth-order valence-corrected chi connectivity index (χ4v) is 2.84. The summed E-state index contributed by atoms with van der Waals surface area (Å²) >= 11 is 6.06. The van der Waals surface area contributed by atoms with E-state index in [0.717, 1.165) is 5.56 Å². The molecule has 1 saturated heterocycles. The molecule has 1 aromatic rings. The van der Waals surface area contributed by atoms with Gasteiger partial charge in [0, 0.05) is 23.8 Å². The van der Waals surface area contributed by atoms with Gasteiger partial charge in [0.25, 0.3) is 0 Å². The van der Waals surface area contributed by atoms with Crippen LogP contribution in [0.1, 0.15) is 25.3 Å². The first-order valence-electron chi connectivity index (χ1n) is 8.64. The molecular formula is C18H24ClN3O4. The highest BCUT2D eigenvalue weighted by Gasteiger charge is 2.33. The highest BCUT2D eigenvalue weighted by atomic mass is 35.5. The number of anilines is 1. The Hall–Kier alpha value is -2.12. The summed E-state index contributed by atoms with van der Waals surface area (Å²) in [4.78, 5) is 38.0. The average Bonchev–Trinajstić information content (AvgIpc) is 2.59. The highest BCUT2D eigenvalue weighted by molar-refractivity contribution is 6.31. The van der Waals surface area contributed by atoms with Crippen LogP contribution >= 0.6 is 11.6 Å². The van der Waals surface area contributed by atoms with Crippen LogP contribution in [0.25, 0.3) is 0 Å². The van der Waals surface area contributed by atoms with Gasteiger partial charge >= 0.3 is 5.97 Å². The Labute approximate surface area is 158 Å². The zero-order valence-electron chi connectivity index (χ0n) is 15.0. The molecule has 142 valence electrons. The smallest absolute Gasteiger partial charge is 0.307 e. The van der Waals surface area contributed by atoms with Crippen molar-refractivity contribution in [2.75, 3.05) is 31.6 Å². The van der Waals surface area contributed by atoms with Crippen LogP contribution in [0.3, 0.4) is 0 Å². The van der Waals surface area contributed by atoms with Gasteiger partial charge in [-0.15, -0.1) is 0 Å². The number of nitrogens with one attached hydrogen (secondary N) is 2. The van der Waals surface area contributed by atoms with Crippen LogP contribution in [0.5, 0.6) is 0 Å². The molecule has 1 atom stereocenters. The van der Waals surface area contributed by atoms with Crippen molar-refractivity contribution in [1.29, 1.82) is 0 Å². The van der Waals surface area contributed by atoms with Gasteiger partial charge in [-0.1, -0.05) is 24.6 Å². The molecule has 0 saturated carbocycles. The predicted molar refractivity (Wildman–Crippen MR) is 99.1 cm³/mol. The second kappa shape index (κ2) is 9.54. The van der Waals surface area contributed by atoms with Crippen molar-refractivity contribution in [3.63, 3.8) is 0 Å². The summed E-state index contributed by atoms with van der Waals surface area (Å²) < 4.78 is 5.05. The minimum atomic E-state index is -0.708. The summed E-state index contributed by atoms with van der Waals surface area (Å²) in [5, 5.41) is 6.06. The van der Waals surface area contributed by atoms with E-state index in [4.69, 9.17) is 16.3 Å². The fourth-order valence-electron chi connectivity index (χ4n) is 2.66. The van der Waals surface area contributed by atoms with Crippen LogP contribution in [0, 0.1) is 6.92 Å². The van der Waals surface area contributed by atoms with Gasteiger partial charge < -0.3 is 15.4 Å². The maximum atomic E-state index is 12.3. The number of hydrogen-bond acceptors (Lipinski definition) is 5. The van der Waals surface area contributed by atoms with Crippen LogP contribution in [0.2, 0.25) is 5.02 Å². The van der Waals surface area contributed by atoms with Crippen molar-refractivity contribution in [1.82, 2.24) is 10.2 Å². The van der Waals surface area contributed by atoms with Crippen LogP contribution in [-0.4, -0.2) is 55.0 Å². The van der Waals surface area contributed by atoms with Gasteiger partial charge in [0.05, 0.1) is 19.6 Å². The first-order chi connectivity index (χ1) is 12.4. The van der Waals surface area contributed by atoms with Gasteiger partial charge in [0.1, 0.15) is 6.04 Å². The zero-order chi connectivity index (χ0) is 19.1. The topological polar surface area (TPSA) is 87.7 Å². The number of esters is 1. The van der Waals surface area contributed by atoms with Crippen molar-refractivity contribution >= 4 is 35.1 Å². The molecule has 1 fully saturated rings. The van der Waals surface area contributed by atoms with E-state index >= 15 is 0 Å². The van der Waals surface area contributed by atoms with E-state index in [2.05, 4.69) is 10.6 Å². The number of aryl methyl sites for hydroxylation is 1. The van der Waals surface area contributed by atoms with E-state index in [1.807, 2.05) is 19.9 Å². The Morgan fingerprint density at radius 3 is 2.88 bits per heavy atom. The van der Waals surface area contributed by atoms with Gasteiger partial charge in [-0.3, -0.25) is 19.3 Å². The largest absolute Gasteiger partial charge is 0.466 e. The Morgan fingerprint density at radius 2 is 2.19 bits per heavy atom. The lowest BCUT2D eigenvalue weighted by atomic mass is 10.1. The summed E-state index contributed by atoms with van der Waals surface area (Å²) in [7, 11) is 0. The third-order valence-corrected chi connectivity index (χ3v) is 4.48. The number of piperazine rings is 1. The number of carbonyl (C=O) groups is 3. The number of rotatable bonds is 7. The average molecular weight is 382 g/mol. The van der Waals surface area contributed by atoms with Gasteiger partial charge in [0.2, 0.25) is 11.8 Å². The van der Waals surface area contributed by atoms with E-state index in [1.54, 1.807) is 17.0 Å². The zero-order valence-corrected chi connectivity index (χ0v) is 15.8. The van der Waals surface area contributed by atoms with Crippen molar-refractivity contribution in [2.45, 2.75) is 32.7 Å². The van der Waals surface area contributed by atoms with Gasteiger partial charge in [-0.2, -0.15) is 0 Å². The third kappa shape index (κ3) is 5.71. The van der Waals surface area contributed by atoms with Crippen molar-refractivity contribution in [2.24, 2.45) is 0 Å². The van der Waals surface area contributed by atoms with Crippen molar-refractivity contribution < 1.29 is 19.1 Å². The maximum Gasteiger partial charge on any atom is 0.307 e. The first kappa shape index (κ1) is 20.2. The molecule has 1 unspecified atom stereocenters. The summed E-state index contributed by atoms with van der Waals surface area (Å²) in [6.07, 6.45) is 0.642. The molecule has 1 aliphatic heterocycles. The summed E-state index contributed by atoms with van der Waals surface area (Å²) in [5.41, 5.74) is 1.51. The van der Waals surface area contributed by atoms with Crippen LogP contribution in [0.15, 0.2) is 18.2 Å². The molecule has 0 aromatic heterocycles. The molecule has 1 aliphatic rings. The number of halogens is 1. The molecule has 2 amide bonds. The van der Waals surface area contributed by atoms with Crippen LogP contribution in [-0.2, 0) is 19.1 Å². The molecule has 1 heterocycles. The predicted octanol–water partition coefficient (Wildman–Crippen LogP) is 1.73. The Bertz CT molecular complexity index is 680. The quantitative estimate of drug-likeness (QED) is 0.702. The van der Waals surface area contributed by atoms with Crippen LogP contribution in [0.4, 0.5) is 5.69 Å². The molecule has 8 heteroatoms. The molecule has 0 bridgehead atoms. The number of carbonyl (C=O) groups excluding carboxylic acids is 3. The van der Waals surface area contributed by atoms with Crippen molar-refractivity contribution in [3.8, 4) is 0 Å². The second-order valence-electron chi connectivity index (χ2n) is 6.21. The normalized spacial score (nSPS) is 17.5. The van der Waals surface area contributed by atoms with E-state index in [9.17, 15) is 14.4 Å². The first-order valence-corrected chi connectivity index (χ1v) is 9.02. The monoisotopic (exact) mass is 381 g/mol. The van der Waals surface area contributed by atoms with Crippen molar-refractivity contribution in [3.05, 3.63) is 28.8 Å². The second-order valence-corrected chi connectivity index (χ2v) is 6.62. The lowest BCUT2D eigenvalue weighted by Crippen LogP contribution is -2.57. The van der Waals surface area contributed by atoms with E-state index in [1.165, 1.54) is 0 Å². The van der Waals surface area contributed by atoms with Gasteiger partial charge in [-0.05, 0) is 31.0 Å². The molecule has 2 rings (SSSR count). The minimum Gasteiger partial charge on any atom is -0.466 e. The molecule has 0 spiro atoms. The Balaban J connectivity index is 1.97. The maximum absolute atomic E-state index is 12.3. The molecule has 0 aliphatic carbocycles. The van der Waals surface area contributed by atoms with Gasteiger partial charge in [-0.25, -0.2) is 0 Å². The SMILES string of the molecule is CCCOC(=O)CC1C(=O)NCCN1CC(=O)Nc1ccc(C)c(Cl)c1. The summed E-state index contributed by atoms with van der Waals surface area (Å²) in [6.45, 7) is 5.02. The Kier molecular flexibility index (Phi) is 7.41. The van der Waals surface area contributed by atoms with E-state index in [-0.39, 0.29) is 24.8 Å². The number of hydrogen-bond donors (Lipinski definition) is 2. The lowest BCUT2D eigenvalue weighted by molar-refractivity contribution is -0.148. The van der Waals surface area contributed by atoms with Gasteiger partial charge in [0.15, 0.2) is 0 Å². The third-order valence-electron chi connectivity index (χ3n) is 4.07. The standard InChI is InChI=1S/C18H24ClN3O4/c1-3-8-26-17(24)10-15-18(25)20-6-7-22(15)11-16(23)21-13-5-4-12(2)14(19)9-13/h4-5,9,15H,3,6-8,10-11H2,1-2H3,(H,20,25)(H,21,23). The number of ether oxygens (including phenoxy) is 1. The van der Waals surface area contributed by atoms with E-state index in [0.29, 0.717) is 36.8 Å².